The molecular formula is C20H25BrN2O3. The highest BCUT2D eigenvalue weighted by atomic mass is 79.9. The number of carbonyl (C=O) groups excluding carboxylic acids is 1. The van der Waals surface area contributed by atoms with Crippen LogP contribution in [0.2, 0.25) is 0 Å². The van der Waals surface area contributed by atoms with Crippen LogP contribution in [0, 0.1) is 0 Å². The molecule has 3 rings (SSSR count). The second-order valence-electron chi connectivity index (χ2n) is 6.75. The maximum absolute atomic E-state index is 12.4. The third-order valence-electron chi connectivity index (χ3n) is 4.42. The average molecular weight is 421 g/mol. The van der Waals surface area contributed by atoms with Gasteiger partial charge in [-0.25, -0.2) is 0 Å². The molecule has 1 fully saturated rings. The Balaban J connectivity index is 1.47. The second kappa shape index (κ2) is 9.24. The molecular weight excluding hydrogens is 396 g/mol. The largest absolute Gasteiger partial charge is 0.486 e. The minimum Gasteiger partial charge on any atom is -0.486 e. The first-order chi connectivity index (χ1) is 12.6. The molecule has 1 unspecified atom stereocenters. The lowest BCUT2D eigenvalue weighted by atomic mass is 10.1. The van der Waals surface area contributed by atoms with Crippen LogP contribution in [0.15, 0.2) is 45.3 Å². The van der Waals surface area contributed by atoms with Crippen molar-refractivity contribution in [2.45, 2.75) is 38.8 Å². The van der Waals surface area contributed by atoms with Crippen molar-refractivity contribution in [3.8, 4) is 5.75 Å². The number of ether oxygens (including phenoxy) is 1. The van der Waals surface area contributed by atoms with Crippen LogP contribution in [0.25, 0.3) is 0 Å². The third-order valence-corrected chi connectivity index (χ3v) is 4.91. The van der Waals surface area contributed by atoms with Crippen LogP contribution in [0.1, 0.15) is 42.5 Å². The van der Waals surface area contributed by atoms with Crippen molar-refractivity contribution >= 4 is 21.8 Å². The van der Waals surface area contributed by atoms with E-state index in [4.69, 9.17) is 9.15 Å². The molecule has 0 spiro atoms. The van der Waals surface area contributed by atoms with Gasteiger partial charge in [-0.3, -0.25) is 4.79 Å². The highest BCUT2D eigenvalue weighted by molar-refractivity contribution is 9.10. The van der Waals surface area contributed by atoms with E-state index in [-0.39, 0.29) is 18.6 Å². The standard InChI is InChI=1S/C20H25BrN2O3/c1-15(13-23-10-3-2-4-11-23)22-20(24)19-9-8-18(26-19)14-25-17-7-5-6-16(21)12-17/h5-9,12,15H,2-4,10-11,13-14H2,1H3,(H,22,24). The van der Waals surface area contributed by atoms with E-state index in [1.54, 1.807) is 12.1 Å². The molecule has 1 aliphatic heterocycles. The molecule has 2 heterocycles. The molecule has 1 aromatic heterocycles. The summed E-state index contributed by atoms with van der Waals surface area (Å²) in [5, 5.41) is 3.02. The van der Waals surface area contributed by atoms with Crippen LogP contribution in [-0.4, -0.2) is 36.5 Å². The molecule has 1 aliphatic rings. The molecule has 0 bridgehead atoms. The molecule has 140 valence electrons. The topological polar surface area (TPSA) is 54.7 Å². The zero-order chi connectivity index (χ0) is 18.4. The average Bonchev–Trinajstić information content (AvgIpc) is 3.10. The van der Waals surface area contributed by atoms with Gasteiger partial charge in [0.1, 0.15) is 18.1 Å². The molecule has 1 saturated heterocycles. The zero-order valence-corrected chi connectivity index (χ0v) is 16.6. The molecule has 1 amide bonds. The first-order valence-electron chi connectivity index (χ1n) is 9.10. The number of carbonyl (C=O) groups is 1. The maximum atomic E-state index is 12.4. The van der Waals surface area contributed by atoms with Crippen LogP contribution in [0.3, 0.4) is 0 Å². The van der Waals surface area contributed by atoms with E-state index in [9.17, 15) is 4.79 Å². The Bertz CT molecular complexity index is 725. The van der Waals surface area contributed by atoms with Crippen LogP contribution >= 0.6 is 15.9 Å². The van der Waals surface area contributed by atoms with E-state index in [2.05, 4.69) is 26.1 Å². The number of hydrogen-bond acceptors (Lipinski definition) is 4. The number of hydrogen-bond donors (Lipinski definition) is 1. The molecule has 0 saturated carbocycles. The lowest BCUT2D eigenvalue weighted by Crippen LogP contribution is -2.43. The number of rotatable bonds is 7. The van der Waals surface area contributed by atoms with Crippen molar-refractivity contribution in [1.82, 2.24) is 10.2 Å². The summed E-state index contributed by atoms with van der Waals surface area (Å²) in [4.78, 5) is 14.8. The number of likely N-dealkylation sites (tertiary alicyclic amines) is 1. The van der Waals surface area contributed by atoms with Gasteiger partial charge in [0, 0.05) is 17.1 Å². The third kappa shape index (κ3) is 5.61. The number of nitrogens with zero attached hydrogens (tertiary/aromatic N) is 1. The summed E-state index contributed by atoms with van der Waals surface area (Å²) >= 11 is 3.41. The molecule has 1 atom stereocenters. The quantitative estimate of drug-likeness (QED) is 0.727. The van der Waals surface area contributed by atoms with Gasteiger partial charge in [-0.1, -0.05) is 28.4 Å². The van der Waals surface area contributed by atoms with Gasteiger partial charge in [-0.15, -0.1) is 0 Å². The number of nitrogens with one attached hydrogen (secondary N) is 1. The summed E-state index contributed by atoms with van der Waals surface area (Å²) in [6.07, 6.45) is 3.81. The number of piperidine rings is 1. The Labute approximate surface area is 162 Å². The van der Waals surface area contributed by atoms with E-state index in [1.165, 1.54) is 19.3 Å². The minimum atomic E-state index is -0.178. The summed E-state index contributed by atoms with van der Waals surface area (Å²) in [5.41, 5.74) is 0. The fraction of sp³-hybridized carbons (Fsp3) is 0.450. The van der Waals surface area contributed by atoms with E-state index in [1.807, 2.05) is 31.2 Å². The highest BCUT2D eigenvalue weighted by Gasteiger charge is 2.17. The van der Waals surface area contributed by atoms with Crippen molar-refractivity contribution in [3.63, 3.8) is 0 Å². The molecule has 1 N–H and O–H groups in total. The first kappa shape index (κ1) is 19.0. The van der Waals surface area contributed by atoms with E-state index in [0.717, 1.165) is 29.9 Å². The van der Waals surface area contributed by atoms with E-state index >= 15 is 0 Å². The van der Waals surface area contributed by atoms with Gasteiger partial charge in [0.05, 0.1) is 0 Å². The van der Waals surface area contributed by atoms with Gasteiger partial charge in [0.25, 0.3) is 5.91 Å². The van der Waals surface area contributed by atoms with Crippen LogP contribution < -0.4 is 10.1 Å². The summed E-state index contributed by atoms with van der Waals surface area (Å²) in [6.45, 7) is 5.45. The zero-order valence-electron chi connectivity index (χ0n) is 15.0. The van der Waals surface area contributed by atoms with E-state index < -0.39 is 0 Å². The number of furan rings is 1. The molecule has 6 heteroatoms. The minimum absolute atomic E-state index is 0.0899. The predicted octanol–water partition coefficient (Wildman–Crippen LogP) is 4.23. The smallest absolute Gasteiger partial charge is 0.287 e. The van der Waals surface area contributed by atoms with Crippen LogP contribution in [0.4, 0.5) is 0 Å². The Hall–Kier alpha value is -1.79. The van der Waals surface area contributed by atoms with Gasteiger partial charge in [-0.2, -0.15) is 0 Å². The fourth-order valence-corrected chi connectivity index (χ4v) is 3.54. The first-order valence-corrected chi connectivity index (χ1v) is 9.90. The lowest BCUT2D eigenvalue weighted by Gasteiger charge is -2.29. The van der Waals surface area contributed by atoms with Gasteiger partial charge in [0.15, 0.2) is 5.76 Å². The normalized spacial score (nSPS) is 16.2. The highest BCUT2D eigenvalue weighted by Crippen LogP contribution is 2.19. The SMILES string of the molecule is CC(CN1CCCCC1)NC(=O)c1ccc(COc2cccc(Br)c2)o1. The number of amides is 1. The second-order valence-corrected chi connectivity index (χ2v) is 7.66. The lowest BCUT2D eigenvalue weighted by molar-refractivity contribution is 0.0893. The summed E-state index contributed by atoms with van der Waals surface area (Å²) < 4.78 is 12.3. The van der Waals surface area contributed by atoms with Gasteiger partial charge in [0.2, 0.25) is 0 Å². The van der Waals surface area contributed by atoms with Crippen molar-refractivity contribution < 1.29 is 13.9 Å². The van der Waals surface area contributed by atoms with Crippen molar-refractivity contribution in [2.75, 3.05) is 19.6 Å². The van der Waals surface area contributed by atoms with Gasteiger partial charge in [-0.05, 0) is 63.2 Å². The predicted molar refractivity (Wildman–Crippen MR) is 104 cm³/mol. The van der Waals surface area contributed by atoms with Crippen molar-refractivity contribution in [1.29, 1.82) is 0 Å². The molecule has 0 radical (unpaired) electrons. The van der Waals surface area contributed by atoms with Crippen molar-refractivity contribution in [2.24, 2.45) is 0 Å². The Morgan fingerprint density at radius 3 is 2.85 bits per heavy atom. The molecule has 1 aromatic carbocycles. The summed E-state index contributed by atoms with van der Waals surface area (Å²) in [7, 11) is 0. The van der Waals surface area contributed by atoms with Gasteiger partial charge < -0.3 is 19.4 Å². The van der Waals surface area contributed by atoms with Crippen LogP contribution in [-0.2, 0) is 6.61 Å². The van der Waals surface area contributed by atoms with Crippen LogP contribution in [0.5, 0.6) is 5.75 Å². The van der Waals surface area contributed by atoms with Gasteiger partial charge >= 0.3 is 0 Å². The number of benzene rings is 1. The molecule has 26 heavy (non-hydrogen) atoms. The molecule has 5 nitrogen and oxygen atoms in total. The number of halogens is 1. The Morgan fingerprint density at radius 2 is 2.08 bits per heavy atom. The monoisotopic (exact) mass is 420 g/mol. The Morgan fingerprint density at radius 1 is 1.27 bits per heavy atom. The maximum Gasteiger partial charge on any atom is 0.287 e. The Kier molecular flexibility index (Phi) is 6.74. The molecule has 2 aromatic rings. The molecule has 0 aliphatic carbocycles. The summed E-state index contributed by atoms with van der Waals surface area (Å²) in [5.74, 6) is 1.52. The van der Waals surface area contributed by atoms with Crippen molar-refractivity contribution in [3.05, 3.63) is 52.4 Å². The fourth-order valence-electron chi connectivity index (χ4n) is 3.16. The summed E-state index contributed by atoms with van der Waals surface area (Å²) in [6, 6.07) is 11.2. The van der Waals surface area contributed by atoms with E-state index in [0.29, 0.717) is 11.5 Å².